The fraction of sp³-hybridized carbons (Fsp3) is 0.0185. The van der Waals surface area contributed by atoms with Gasteiger partial charge in [0.1, 0.15) is 11.6 Å². The van der Waals surface area contributed by atoms with Crippen molar-refractivity contribution in [2.75, 3.05) is 0 Å². The zero-order chi connectivity index (χ0) is 45.9. The third-order valence-corrected chi connectivity index (χ3v) is 12.1. The monoisotopic (exact) mass is 889 g/mol. The van der Waals surface area contributed by atoms with Gasteiger partial charge in [-0.3, -0.25) is 0 Å². The topological polar surface area (TPSA) is 137 Å². The molecule has 0 spiro atoms. The van der Waals surface area contributed by atoms with Crippen molar-refractivity contribution >= 4 is 43.6 Å². The Morgan fingerprint density at radius 2 is 0.765 bits per heavy atom. The van der Waals surface area contributed by atoms with Crippen molar-refractivity contribution in [3.8, 4) is 74.1 Å². The molecule has 6 aromatic heterocycles. The third kappa shape index (κ3) is 6.60. The van der Waals surface area contributed by atoms with Gasteiger partial charge in [-0.1, -0.05) is 24.3 Å². The molecule has 0 atom stereocenters. The van der Waals surface area contributed by atoms with Gasteiger partial charge in [0.15, 0.2) is 23.3 Å². The molecule has 12 rings (SSSR count). The summed E-state index contributed by atoms with van der Waals surface area (Å²) in [7, 11) is 0. The fourth-order valence-corrected chi connectivity index (χ4v) is 9.19. The number of rotatable bonds is 7. The van der Waals surface area contributed by atoms with Crippen LogP contribution in [0.15, 0.2) is 183 Å². The predicted octanol–water partition coefficient (Wildman–Crippen LogP) is 12.3. The number of alkyl halides is 3. The highest BCUT2D eigenvalue weighted by Gasteiger charge is 2.35. The second-order valence-corrected chi connectivity index (χ2v) is 15.9. The number of hydrogen-bond acceptors (Lipinski definition) is 9. The number of halogens is 3. The molecular weight excluding hydrogens is 860 g/mol. The molecule has 11 nitrogen and oxygen atoms in total. The fourth-order valence-electron chi connectivity index (χ4n) is 9.19. The Kier molecular flexibility index (Phi) is 9.36. The van der Waals surface area contributed by atoms with Crippen molar-refractivity contribution in [2.45, 2.75) is 6.18 Å². The van der Waals surface area contributed by atoms with E-state index in [0.717, 1.165) is 60.9 Å². The minimum Gasteiger partial charge on any atom is -0.308 e. The van der Waals surface area contributed by atoms with Gasteiger partial charge < -0.3 is 9.13 Å². The largest absolute Gasteiger partial charge is 0.417 e. The first-order valence-corrected chi connectivity index (χ1v) is 21.3. The average molecular weight is 890 g/mol. The number of fused-ring (bicyclic) bond motifs is 6. The normalized spacial score (nSPS) is 11.7. The Morgan fingerprint density at radius 1 is 0.397 bits per heavy atom. The van der Waals surface area contributed by atoms with Crippen LogP contribution in [0.5, 0.6) is 0 Å². The van der Waals surface area contributed by atoms with Crippen molar-refractivity contribution in [1.82, 2.24) is 49.0 Å². The zero-order valence-corrected chi connectivity index (χ0v) is 35.4. The Morgan fingerprint density at radius 3 is 1.13 bits per heavy atom. The lowest BCUT2D eigenvalue weighted by molar-refractivity contribution is -0.137. The Bertz CT molecular complexity index is 3770. The molecular formula is C54H30F3N11. The van der Waals surface area contributed by atoms with Gasteiger partial charge in [0.2, 0.25) is 0 Å². The Hall–Kier alpha value is -9.48. The molecule has 0 amide bonds. The van der Waals surface area contributed by atoms with Gasteiger partial charge >= 0.3 is 6.18 Å². The zero-order valence-electron chi connectivity index (χ0n) is 35.4. The molecule has 0 unspecified atom stereocenters. The SMILES string of the molecule is N#Cc1c(-n2c3ccc(-c4ncccn4)cc3c3cc(-c4ncccn4)ccc32)ccc(-c2ccccc2C(F)(F)F)c1-n1c2ccc(-c3ncccn3)cc2c2cc(-c3ncccn3)ccc21. The molecule has 0 N–H and O–H groups in total. The number of aromatic nitrogens is 10. The van der Waals surface area contributed by atoms with E-state index in [9.17, 15) is 5.26 Å². The van der Waals surface area contributed by atoms with Crippen LogP contribution < -0.4 is 0 Å². The summed E-state index contributed by atoms with van der Waals surface area (Å²) in [6, 6.07) is 41.6. The summed E-state index contributed by atoms with van der Waals surface area (Å²) in [5, 5.41) is 14.8. The van der Waals surface area contributed by atoms with Gasteiger partial charge in [-0.25, -0.2) is 39.9 Å². The summed E-state index contributed by atoms with van der Waals surface area (Å²) in [6.07, 6.45) is 8.66. The number of nitriles is 1. The third-order valence-electron chi connectivity index (χ3n) is 12.1. The quantitative estimate of drug-likeness (QED) is 0.153. The molecule has 0 saturated heterocycles. The van der Waals surface area contributed by atoms with Crippen LogP contribution in [0.2, 0.25) is 0 Å². The minimum atomic E-state index is -4.72. The van der Waals surface area contributed by atoms with E-state index in [4.69, 9.17) is 0 Å². The summed E-state index contributed by atoms with van der Waals surface area (Å²) >= 11 is 0. The van der Waals surface area contributed by atoms with E-state index in [0.29, 0.717) is 40.0 Å². The summed E-state index contributed by atoms with van der Waals surface area (Å²) in [4.78, 5) is 36.1. The van der Waals surface area contributed by atoms with E-state index in [1.807, 2.05) is 81.9 Å². The van der Waals surface area contributed by atoms with Crippen LogP contribution >= 0.6 is 0 Å². The maximum atomic E-state index is 15.2. The standard InChI is InChI=1S/C54H30F3N11/c55-54(56,57)43-8-2-1-7-36(43)37-13-18-48(67-44-14-9-32(50-59-19-3-20-60-50)27-38(44)39-28-33(10-15-45(39)67)51-61-21-4-22-62-51)42(31-58)49(37)68-46-16-11-34(52-63-23-5-24-64-52)29-40(46)41-30-35(12-17-47(41)68)53-65-25-6-26-66-53/h1-30H. The minimum absolute atomic E-state index is 0.0844. The summed E-state index contributed by atoms with van der Waals surface area (Å²) in [6.45, 7) is 0. The van der Waals surface area contributed by atoms with Gasteiger partial charge in [-0.2, -0.15) is 18.4 Å². The predicted molar refractivity (Wildman–Crippen MR) is 254 cm³/mol. The van der Waals surface area contributed by atoms with Gasteiger partial charge in [-0.15, -0.1) is 0 Å². The van der Waals surface area contributed by atoms with Gasteiger partial charge in [0.25, 0.3) is 0 Å². The second-order valence-electron chi connectivity index (χ2n) is 15.9. The summed E-state index contributed by atoms with van der Waals surface area (Å²) in [5.41, 5.74) is 5.83. The highest BCUT2D eigenvalue weighted by molar-refractivity contribution is 6.14. The maximum absolute atomic E-state index is 15.2. The van der Waals surface area contributed by atoms with Crippen molar-refractivity contribution in [2.24, 2.45) is 0 Å². The molecule has 0 saturated carbocycles. The van der Waals surface area contributed by atoms with E-state index < -0.39 is 11.7 Å². The molecule has 0 aliphatic carbocycles. The molecule has 0 bridgehead atoms. The van der Waals surface area contributed by atoms with E-state index in [-0.39, 0.29) is 22.4 Å². The lowest BCUT2D eigenvalue weighted by Gasteiger charge is -2.22. The molecule has 6 aromatic carbocycles. The smallest absolute Gasteiger partial charge is 0.308 e. The second kappa shape index (κ2) is 15.9. The summed E-state index contributed by atoms with van der Waals surface area (Å²) < 4.78 is 49.3. The highest BCUT2D eigenvalue weighted by Crippen LogP contribution is 2.46. The first kappa shape index (κ1) is 40.1. The van der Waals surface area contributed by atoms with E-state index in [1.54, 1.807) is 92.0 Å². The molecule has 0 radical (unpaired) electrons. The summed E-state index contributed by atoms with van der Waals surface area (Å²) in [5.74, 6) is 2.04. The first-order valence-electron chi connectivity index (χ1n) is 21.3. The van der Waals surface area contributed by atoms with E-state index >= 15 is 13.2 Å². The lowest BCUT2D eigenvalue weighted by atomic mass is 9.94. The number of nitrogens with zero attached hydrogens (tertiary/aromatic N) is 11. The average Bonchev–Trinajstić information content (AvgIpc) is 3.90. The van der Waals surface area contributed by atoms with Crippen LogP contribution in [-0.4, -0.2) is 49.0 Å². The molecule has 12 aromatic rings. The van der Waals surface area contributed by atoms with Crippen LogP contribution in [-0.2, 0) is 6.18 Å². The molecule has 0 aliphatic rings. The Labute approximate surface area is 384 Å². The maximum Gasteiger partial charge on any atom is 0.417 e. The van der Waals surface area contributed by atoms with Crippen LogP contribution in [0.4, 0.5) is 13.2 Å². The molecule has 322 valence electrons. The highest BCUT2D eigenvalue weighted by atomic mass is 19.4. The van der Waals surface area contributed by atoms with Crippen LogP contribution in [0.3, 0.4) is 0 Å². The first-order chi connectivity index (χ1) is 33.3. The van der Waals surface area contributed by atoms with Crippen LogP contribution in [0.1, 0.15) is 11.1 Å². The van der Waals surface area contributed by atoms with E-state index in [2.05, 4.69) is 45.9 Å². The Balaban J connectivity index is 1.20. The molecule has 0 aliphatic heterocycles. The van der Waals surface area contributed by atoms with Gasteiger partial charge in [0.05, 0.1) is 39.0 Å². The molecule has 14 heteroatoms. The van der Waals surface area contributed by atoms with Crippen molar-refractivity contribution < 1.29 is 13.2 Å². The lowest BCUT2D eigenvalue weighted by Crippen LogP contribution is -2.10. The number of benzene rings is 6. The molecule has 0 fully saturated rings. The van der Waals surface area contributed by atoms with Crippen molar-refractivity contribution in [1.29, 1.82) is 5.26 Å². The van der Waals surface area contributed by atoms with Crippen LogP contribution in [0, 0.1) is 11.3 Å². The molecule has 68 heavy (non-hydrogen) atoms. The number of hydrogen-bond donors (Lipinski definition) is 0. The van der Waals surface area contributed by atoms with E-state index in [1.165, 1.54) is 12.1 Å². The van der Waals surface area contributed by atoms with Crippen molar-refractivity contribution in [3.05, 3.63) is 194 Å². The van der Waals surface area contributed by atoms with Gasteiger partial charge in [0, 0.05) is 98.9 Å². The molecule has 6 heterocycles. The van der Waals surface area contributed by atoms with Gasteiger partial charge in [-0.05, 0) is 115 Å². The van der Waals surface area contributed by atoms with Crippen molar-refractivity contribution in [3.63, 3.8) is 0 Å². The van der Waals surface area contributed by atoms with Crippen LogP contribution in [0.25, 0.3) is 112 Å².